The number of aryl methyl sites for hydroxylation is 2. The molecule has 0 radical (unpaired) electrons. The standard InChI is InChI=1S/C21H22BrN3O2S2/c1-12-10-13(2)18-17(11-12)29-21(24-18)25-20(27)16(8-9-28-3)23-19(26)14-6-4-5-7-15(14)22/h4-7,10-11,16H,8-9H2,1-3H3,(H,23,26)(H,24,25,27). The van der Waals surface area contributed by atoms with E-state index in [1.165, 1.54) is 11.3 Å². The molecule has 2 amide bonds. The van der Waals surface area contributed by atoms with Crippen LogP contribution in [0.15, 0.2) is 40.9 Å². The van der Waals surface area contributed by atoms with Crippen LogP contribution in [0.4, 0.5) is 5.13 Å². The van der Waals surface area contributed by atoms with Gasteiger partial charge in [-0.05, 0) is 77.5 Å². The van der Waals surface area contributed by atoms with Crippen molar-refractivity contribution >= 4 is 66.2 Å². The van der Waals surface area contributed by atoms with Crippen LogP contribution in [0.1, 0.15) is 27.9 Å². The van der Waals surface area contributed by atoms with Crippen molar-refractivity contribution < 1.29 is 9.59 Å². The first-order valence-corrected chi connectivity index (χ1v) is 12.1. The highest BCUT2D eigenvalue weighted by atomic mass is 79.9. The van der Waals surface area contributed by atoms with Gasteiger partial charge in [0.05, 0.1) is 15.8 Å². The van der Waals surface area contributed by atoms with Gasteiger partial charge in [-0.25, -0.2) is 4.98 Å². The topological polar surface area (TPSA) is 71.1 Å². The second-order valence-corrected chi connectivity index (χ2v) is 9.59. The highest BCUT2D eigenvalue weighted by Gasteiger charge is 2.23. The molecule has 29 heavy (non-hydrogen) atoms. The van der Waals surface area contributed by atoms with E-state index in [1.54, 1.807) is 30.0 Å². The number of fused-ring (bicyclic) bond motifs is 1. The summed E-state index contributed by atoms with van der Waals surface area (Å²) >= 11 is 6.47. The number of nitrogens with zero attached hydrogens (tertiary/aromatic N) is 1. The maximum absolute atomic E-state index is 12.9. The summed E-state index contributed by atoms with van der Waals surface area (Å²) in [5.74, 6) is 0.217. The van der Waals surface area contributed by atoms with Crippen LogP contribution < -0.4 is 10.6 Å². The largest absolute Gasteiger partial charge is 0.340 e. The molecule has 1 atom stereocenters. The van der Waals surface area contributed by atoms with Gasteiger partial charge >= 0.3 is 0 Å². The Morgan fingerprint density at radius 3 is 2.72 bits per heavy atom. The molecule has 0 spiro atoms. The Morgan fingerprint density at radius 2 is 2.00 bits per heavy atom. The van der Waals surface area contributed by atoms with Crippen molar-refractivity contribution in [3.8, 4) is 0 Å². The number of thiazole rings is 1. The number of hydrogen-bond donors (Lipinski definition) is 2. The SMILES string of the molecule is CSCCC(NC(=O)c1ccccc1Br)C(=O)Nc1nc2c(C)cc(C)cc2s1. The molecule has 3 aromatic rings. The average Bonchev–Trinajstić information content (AvgIpc) is 3.07. The first-order chi connectivity index (χ1) is 13.9. The minimum Gasteiger partial charge on any atom is -0.340 e. The second-order valence-electron chi connectivity index (χ2n) is 6.72. The summed E-state index contributed by atoms with van der Waals surface area (Å²) < 4.78 is 1.73. The lowest BCUT2D eigenvalue weighted by atomic mass is 10.1. The number of halogens is 1. The Kier molecular flexibility index (Phi) is 7.32. The fourth-order valence-electron chi connectivity index (χ4n) is 3.00. The molecule has 3 rings (SSSR count). The highest BCUT2D eigenvalue weighted by molar-refractivity contribution is 9.10. The third-order valence-corrected chi connectivity index (χ3v) is 6.66. The zero-order chi connectivity index (χ0) is 21.0. The smallest absolute Gasteiger partial charge is 0.253 e. The zero-order valence-electron chi connectivity index (χ0n) is 16.4. The normalized spacial score (nSPS) is 12.0. The number of carbonyl (C=O) groups excluding carboxylic acids is 2. The Hall–Kier alpha value is -1.90. The number of rotatable bonds is 7. The quantitative estimate of drug-likeness (QED) is 0.478. The highest BCUT2D eigenvalue weighted by Crippen LogP contribution is 2.29. The lowest BCUT2D eigenvalue weighted by Gasteiger charge is -2.17. The molecule has 8 heteroatoms. The third kappa shape index (κ3) is 5.38. The predicted octanol–water partition coefficient (Wildman–Crippen LogP) is 5.17. The zero-order valence-corrected chi connectivity index (χ0v) is 19.6. The van der Waals surface area contributed by atoms with E-state index in [0.717, 1.165) is 27.1 Å². The number of carbonyl (C=O) groups is 2. The van der Waals surface area contributed by atoms with E-state index in [9.17, 15) is 9.59 Å². The molecule has 1 aromatic heterocycles. The Morgan fingerprint density at radius 1 is 1.24 bits per heavy atom. The maximum Gasteiger partial charge on any atom is 0.253 e. The number of anilines is 1. The van der Waals surface area contributed by atoms with Gasteiger partial charge in [0.1, 0.15) is 6.04 Å². The van der Waals surface area contributed by atoms with Gasteiger partial charge in [0.15, 0.2) is 5.13 Å². The van der Waals surface area contributed by atoms with Crippen molar-refractivity contribution in [2.75, 3.05) is 17.3 Å². The summed E-state index contributed by atoms with van der Waals surface area (Å²) in [4.78, 5) is 30.2. The Labute approximate surface area is 186 Å². The molecule has 0 saturated heterocycles. The van der Waals surface area contributed by atoms with Crippen LogP contribution in [-0.4, -0.2) is 34.8 Å². The minimum atomic E-state index is -0.642. The van der Waals surface area contributed by atoms with Gasteiger partial charge in [-0.1, -0.05) is 29.5 Å². The van der Waals surface area contributed by atoms with Gasteiger partial charge in [-0.3, -0.25) is 9.59 Å². The van der Waals surface area contributed by atoms with Crippen molar-refractivity contribution in [1.29, 1.82) is 0 Å². The van der Waals surface area contributed by atoms with Gasteiger partial charge in [-0.2, -0.15) is 11.8 Å². The number of thioether (sulfide) groups is 1. The van der Waals surface area contributed by atoms with Crippen LogP contribution in [0, 0.1) is 13.8 Å². The molecule has 1 unspecified atom stereocenters. The van der Waals surface area contributed by atoms with Crippen molar-refractivity contribution in [2.45, 2.75) is 26.3 Å². The van der Waals surface area contributed by atoms with Crippen LogP contribution in [0.2, 0.25) is 0 Å². The van der Waals surface area contributed by atoms with Gasteiger partial charge in [-0.15, -0.1) is 0 Å². The molecular formula is C21H22BrN3O2S2. The number of amides is 2. The van der Waals surface area contributed by atoms with Crippen molar-refractivity contribution in [2.24, 2.45) is 0 Å². The predicted molar refractivity (Wildman–Crippen MR) is 126 cm³/mol. The van der Waals surface area contributed by atoms with E-state index >= 15 is 0 Å². The molecule has 2 N–H and O–H groups in total. The molecule has 0 saturated carbocycles. The molecule has 0 aliphatic carbocycles. The summed E-state index contributed by atoms with van der Waals surface area (Å²) in [7, 11) is 0. The molecule has 0 bridgehead atoms. The van der Waals surface area contributed by atoms with Gasteiger partial charge in [0, 0.05) is 4.47 Å². The summed E-state index contributed by atoms with van der Waals surface area (Å²) in [6.45, 7) is 4.06. The molecule has 1 heterocycles. The van der Waals surface area contributed by atoms with Crippen molar-refractivity contribution in [1.82, 2.24) is 10.3 Å². The maximum atomic E-state index is 12.9. The van der Waals surface area contributed by atoms with E-state index in [-0.39, 0.29) is 11.8 Å². The summed E-state index contributed by atoms with van der Waals surface area (Å²) in [5.41, 5.74) is 3.64. The van der Waals surface area contributed by atoms with Crippen molar-refractivity contribution in [3.05, 3.63) is 57.6 Å². The molecule has 2 aromatic carbocycles. The Balaban J connectivity index is 1.78. The van der Waals surface area contributed by atoms with E-state index < -0.39 is 6.04 Å². The fraction of sp³-hybridized carbons (Fsp3) is 0.286. The van der Waals surface area contributed by atoms with Crippen LogP contribution in [0.3, 0.4) is 0 Å². The molecular weight excluding hydrogens is 470 g/mol. The second kappa shape index (κ2) is 9.73. The monoisotopic (exact) mass is 491 g/mol. The van der Waals surface area contributed by atoms with Crippen molar-refractivity contribution in [3.63, 3.8) is 0 Å². The van der Waals surface area contributed by atoms with Crippen LogP contribution >= 0.6 is 39.0 Å². The van der Waals surface area contributed by atoms with Gasteiger partial charge in [0.25, 0.3) is 5.91 Å². The number of aromatic nitrogens is 1. The summed E-state index contributed by atoms with van der Waals surface area (Å²) in [6, 6.07) is 10.7. The van der Waals surface area contributed by atoms with E-state index in [2.05, 4.69) is 43.7 Å². The van der Waals surface area contributed by atoms with Gasteiger partial charge < -0.3 is 10.6 Å². The molecule has 152 valence electrons. The lowest BCUT2D eigenvalue weighted by molar-refractivity contribution is -0.118. The lowest BCUT2D eigenvalue weighted by Crippen LogP contribution is -2.44. The summed E-state index contributed by atoms with van der Waals surface area (Å²) in [5, 5.41) is 6.30. The van der Waals surface area contributed by atoms with E-state index in [1.807, 2.05) is 26.2 Å². The molecule has 0 aliphatic heterocycles. The third-order valence-electron chi connectivity index (χ3n) is 4.41. The van der Waals surface area contributed by atoms with E-state index in [0.29, 0.717) is 21.6 Å². The first-order valence-electron chi connectivity index (χ1n) is 9.12. The molecule has 0 aliphatic rings. The number of benzene rings is 2. The van der Waals surface area contributed by atoms with Crippen LogP contribution in [0.5, 0.6) is 0 Å². The number of hydrogen-bond acceptors (Lipinski definition) is 5. The average molecular weight is 492 g/mol. The Bertz CT molecular complexity index is 1050. The van der Waals surface area contributed by atoms with E-state index in [4.69, 9.17) is 0 Å². The molecule has 0 fully saturated rings. The summed E-state index contributed by atoms with van der Waals surface area (Å²) in [6.07, 6.45) is 2.51. The first kappa shape index (κ1) is 21.8. The fourth-order valence-corrected chi connectivity index (χ4v) is 4.98. The number of nitrogens with one attached hydrogen (secondary N) is 2. The van der Waals surface area contributed by atoms with Crippen LogP contribution in [0.25, 0.3) is 10.2 Å². The molecule has 5 nitrogen and oxygen atoms in total. The minimum absolute atomic E-state index is 0.257. The van der Waals surface area contributed by atoms with Gasteiger partial charge in [0.2, 0.25) is 5.91 Å². The van der Waals surface area contributed by atoms with Crippen LogP contribution in [-0.2, 0) is 4.79 Å².